The van der Waals surface area contributed by atoms with Gasteiger partial charge in [0.2, 0.25) is 0 Å². The number of aromatic hydroxyl groups is 1. The number of likely N-dealkylation sites (tertiary alicyclic amines) is 1. The lowest BCUT2D eigenvalue weighted by Gasteiger charge is -2.50. The van der Waals surface area contributed by atoms with Crippen LogP contribution in [-0.4, -0.2) is 29.1 Å². The molecule has 2 bridgehead atoms. The molecular formula is C17H23NO. The SMILES string of the molecule is C[C@@]12CCN(CC3CC3)[C@H](Cc3ccc(O)cc31)C2. The molecule has 1 heterocycles. The first-order valence-electron chi connectivity index (χ1n) is 7.70. The van der Waals surface area contributed by atoms with E-state index in [0.717, 1.165) is 12.0 Å². The largest absolute Gasteiger partial charge is 0.508 e. The average molecular weight is 257 g/mol. The molecule has 1 N–H and O–H groups in total. The molecule has 19 heavy (non-hydrogen) atoms. The molecular weight excluding hydrogens is 234 g/mol. The minimum Gasteiger partial charge on any atom is -0.508 e. The van der Waals surface area contributed by atoms with Crippen LogP contribution in [0.5, 0.6) is 5.75 Å². The van der Waals surface area contributed by atoms with E-state index in [1.807, 2.05) is 12.1 Å². The van der Waals surface area contributed by atoms with Gasteiger partial charge >= 0.3 is 0 Å². The molecule has 1 saturated carbocycles. The Labute approximate surface area is 115 Å². The summed E-state index contributed by atoms with van der Waals surface area (Å²) < 4.78 is 0. The van der Waals surface area contributed by atoms with Crippen LogP contribution in [-0.2, 0) is 11.8 Å². The first kappa shape index (κ1) is 11.8. The zero-order valence-corrected chi connectivity index (χ0v) is 11.7. The van der Waals surface area contributed by atoms with Crippen molar-refractivity contribution in [1.29, 1.82) is 0 Å². The van der Waals surface area contributed by atoms with Crippen LogP contribution in [0, 0.1) is 5.92 Å². The summed E-state index contributed by atoms with van der Waals surface area (Å²) in [5.74, 6) is 1.42. The van der Waals surface area contributed by atoms with Crippen LogP contribution in [0.15, 0.2) is 18.2 Å². The van der Waals surface area contributed by atoms with Gasteiger partial charge in [0, 0.05) is 12.6 Å². The zero-order valence-electron chi connectivity index (χ0n) is 11.7. The summed E-state index contributed by atoms with van der Waals surface area (Å²) in [6.45, 7) is 4.97. The molecule has 2 aliphatic carbocycles. The highest BCUT2D eigenvalue weighted by atomic mass is 16.3. The topological polar surface area (TPSA) is 23.5 Å². The Kier molecular flexibility index (Phi) is 2.47. The lowest BCUT2D eigenvalue weighted by Crippen LogP contribution is -2.52. The van der Waals surface area contributed by atoms with Gasteiger partial charge < -0.3 is 5.11 Å². The van der Waals surface area contributed by atoms with Crippen molar-refractivity contribution >= 4 is 0 Å². The zero-order chi connectivity index (χ0) is 13.0. The van der Waals surface area contributed by atoms with Crippen LogP contribution >= 0.6 is 0 Å². The molecule has 2 fully saturated rings. The minimum atomic E-state index is 0.289. The first-order valence-corrected chi connectivity index (χ1v) is 7.70. The predicted octanol–water partition coefficient (Wildman–Crippen LogP) is 3.08. The third-order valence-corrected chi connectivity index (χ3v) is 5.54. The number of fused-ring (bicyclic) bond motifs is 4. The second kappa shape index (κ2) is 3.99. The van der Waals surface area contributed by atoms with Gasteiger partial charge in [-0.05, 0) is 73.2 Å². The monoisotopic (exact) mass is 257 g/mol. The second-order valence-electron chi connectivity index (χ2n) is 7.15. The van der Waals surface area contributed by atoms with Crippen molar-refractivity contribution in [3.8, 4) is 5.75 Å². The third-order valence-electron chi connectivity index (χ3n) is 5.54. The van der Waals surface area contributed by atoms with Gasteiger partial charge in [-0.3, -0.25) is 4.90 Å². The normalized spacial score (nSPS) is 34.1. The van der Waals surface area contributed by atoms with E-state index in [4.69, 9.17) is 0 Å². The summed E-state index contributed by atoms with van der Waals surface area (Å²) in [4.78, 5) is 2.75. The Morgan fingerprint density at radius 1 is 1.37 bits per heavy atom. The summed E-state index contributed by atoms with van der Waals surface area (Å²) in [5.41, 5.74) is 3.17. The molecule has 102 valence electrons. The van der Waals surface area contributed by atoms with E-state index in [9.17, 15) is 5.11 Å². The van der Waals surface area contributed by atoms with Crippen molar-refractivity contribution in [2.24, 2.45) is 5.92 Å². The number of hydrogen-bond donors (Lipinski definition) is 1. The summed E-state index contributed by atoms with van der Waals surface area (Å²) in [7, 11) is 0. The van der Waals surface area contributed by atoms with E-state index in [2.05, 4.69) is 17.9 Å². The van der Waals surface area contributed by atoms with Gasteiger partial charge in [-0.2, -0.15) is 0 Å². The van der Waals surface area contributed by atoms with Crippen molar-refractivity contribution in [2.45, 2.75) is 50.5 Å². The molecule has 4 rings (SSSR count). The molecule has 0 aromatic heterocycles. The summed E-state index contributed by atoms with van der Waals surface area (Å²) in [5, 5.41) is 9.77. The lowest BCUT2D eigenvalue weighted by molar-refractivity contribution is 0.0830. The Bertz CT molecular complexity index is 508. The second-order valence-corrected chi connectivity index (χ2v) is 7.15. The number of rotatable bonds is 2. The van der Waals surface area contributed by atoms with Crippen molar-refractivity contribution in [2.75, 3.05) is 13.1 Å². The molecule has 0 radical (unpaired) electrons. The van der Waals surface area contributed by atoms with E-state index in [1.165, 1.54) is 56.3 Å². The van der Waals surface area contributed by atoms with E-state index >= 15 is 0 Å². The molecule has 1 aliphatic heterocycles. The highest BCUT2D eigenvalue weighted by Crippen LogP contribution is 2.46. The van der Waals surface area contributed by atoms with Gasteiger partial charge in [0.05, 0.1) is 0 Å². The molecule has 1 aromatic carbocycles. The van der Waals surface area contributed by atoms with Crippen LogP contribution in [0.3, 0.4) is 0 Å². The predicted molar refractivity (Wildman–Crippen MR) is 76.5 cm³/mol. The van der Waals surface area contributed by atoms with Crippen LogP contribution < -0.4 is 0 Å². The lowest BCUT2D eigenvalue weighted by atomic mass is 9.65. The van der Waals surface area contributed by atoms with Gasteiger partial charge in [0.25, 0.3) is 0 Å². The number of phenolic OH excluding ortho intramolecular Hbond substituents is 1. The molecule has 2 nitrogen and oxygen atoms in total. The average Bonchev–Trinajstić information content (AvgIpc) is 3.18. The van der Waals surface area contributed by atoms with Crippen molar-refractivity contribution in [3.63, 3.8) is 0 Å². The highest BCUT2D eigenvalue weighted by molar-refractivity contribution is 5.43. The quantitative estimate of drug-likeness (QED) is 0.880. The van der Waals surface area contributed by atoms with Gasteiger partial charge in [0.1, 0.15) is 5.75 Å². The van der Waals surface area contributed by atoms with Crippen LogP contribution in [0.4, 0.5) is 0 Å². The maximum absolute atomic E-state index is 9.77. The Morgan fingerprint density at radius 2 is 2.21 bits per heavy atom. The standard InChI is InChI=1S/C17H23NO/c1-17-6-7-18(11-12-2-3-12)14(10-17)8-13-4-5-15(19)9-16(13)17/h4-5,9,12,14,19H,2-3,6-8,10-11H2,1H3/t14-,17+/m1/s1. The number of benzene rings is 1. The fourth-order valence-electron chi connectivity index (χ4n) is 4.20. The van der Waals surface area contributed by atoms with E-state index in [-0.39, 0.29) is 5.41 Å². The van der Waals surface area contributed by atoms with E-state index in [0.29, 0.717) is 5.75 Å². The number of nitrogens with zero attached hydrogens (tertiary/aromatic N) is 1. The van der Waals surface area contributed by atoms with Crippen molar-refractivity contribution in [3.05, 3.63) is 29.3 Å². The molecule has 1 aromatic rings. The summed E-state index contributed by atoms with van der Waals surface area (Å²) in [6, 6.07) is 6.75. The van der Waals surface area contributed by atoms with Crippen molar-refractivity contribution in [1.82, 2.24) is 4.90 Å². The van der Waals surface area contributed by atoms with Crippen LogP contribution in [0.2, 0.25) is 0 Å². The van der Waals surface area contributed by atoms with Gasteiger partial charge in [-0.25, -0.2) is 0 Å². The number of hydrogen-bond acceptors (Lipinski definition) is 2. The molecule has 2 heteroatoms. The fraction of sp³-hybridized carbons (Fsp3) is 0.647. The summed E-state index contributed by atoms with van der Waals surface area (Å²) in [6.07, 6.45) is 6.59. The number of phenols is 1. The highest BCUT2D eigenvalue weighted by Gasteiger charge is 2.43. The van der Waals surface area contributed by atoms with Crippen LogP contribution in [0.25, 0.3) is 0 Å². The Balaban J connectivity index is 1.66. The van der Waals surface area contributed by atoms with Gasteiger partial charge in [-0.15, -0.1) is 0 Å². The van der Waals surface area contributed by atoms with E-state index in [1.54, 1.807) is 0 Å². The molecule has 3 aliphatic rings. The Hall–Kier alpha value is -1.02. The minimum absolute atomic E-state index is 0.289. The Morgan fingerprint density at radius 3 is 3.00 bits per heavy atom. The van der Waals surface area contributed by atoms with E-state index < -0.39 is 0 Å². The van der Waals surface area contributed by atoms with Crippen molar-refractivity contribution < 1.29 is 5.11 Å². The third kappa shape index (κ3) is 1.97. The first-order chi connectivity index (χ1) is 9.14. The summed E-state index contributed by atoms with van der Waals surface area (Å²) >= 11 is 0. The smallest absolute Gasteiger partial charge is 0.115 e. The maximum Gasteiger partial charge on any atom is 0.115 e. The van der Waals surface area contributed by atoms with Gasteiger partial charge in [-0.1, -0.05) is 13.0 Å². The molecule has 0 spiro atoms. The van der Waals surface area contributed by atoms with Crippen LogP contribution in [0.1, 0.15) is 43.7 Å². The fourth-order valence-corrected chi connectivity index (χ4v) is 4.20. The molecule has 1 saturated heterocycles. The molecule has 2 atom stereocenters. The number of piperidine rings is 1. The molecule has 0 unspecified atom stereocenters. The molecule has 0 amide bonds. The maximum atomic E-state index is 9.77. The van der Waals surface area contributed by atoms with Gasteiger partial charge in [0.15, 0.2) is 0 Å².